The van der Waals surface area contributed by atoms with E-state index in [0.717, 1.165) is 11.1 Å². The maximum atomic E-state index is 11.7. The zero-order chi connectivity index (χ0) is 20.9. The number of nitrogens with one attached hydrogen (secondary N) is 2. The lowest BCUT2D eigenvalue weighted by atomic mass is 10.2. The molecule has 0 aliphatic heterocycles. The molecule has 0 aliphatic rings. The standard InChI is InChI=1S/C21H18N6O2/c22-12-16-4-8-18(9-5-16)14-24-26-20(28)2-1-3-21(29)27-25-15-19-10-6-17(13-23)7-11-19/h4-11,14-15H,1-3H2,(H,26,28)(H,27,29)/b24-14+,25-15?. The van der Waals surface area contributed by atoms with Crippen molar-refractivity contribution < 1.29 is 9.59 Å². The zero-order valence-corrected chi connectivity index (χ0v) is 15.5. The molecule has 8 nitrogen and oxygen atoms in total. The number of carbonyl (C=O) groups excluding carboxylic acids is 2. The van der Waals surface area contributed by atoms with Crippen molar-refractivity contribution in [2.45, 2.75) is 19.3 Å². The quantitative estimate of drug-likeness (QED) is 0.532. The Bertz CT molecular complexity index is 898. The first kappa shape index (κ1) is 21.0. The highest BCUT2D eigenvalue weighted by atomic mass is 16.2. The molecule has 0 aliphatic carbocycles. The van der Waals surface area contributed by atoms with Crippen LogP contribution in [0.3, 0.4) is 0 Å². The molecule has 0 unspecified atom stereocenters. The van der Waals surface area contributed by atoms with Crippen LogP contribution >= 0.6 is 0 Å². The number of hydrogen-bond donors (Lipinski definition) is 2. The Morgan fingerprint density at radius 1 is 0.759 bits per heavy atom. The second kappa shape index (κ2) is 11.4. The molecule has 144 valence electrons. The fraction of sp³-hybridized carbons (Fsp3) is 0.143. The fourth-order valence-electron chi connectivity index (χ4n) is 2.17. The molecule has 0 bridgehead atoms. The van der Waals surface area contributed by atoms with Crippen LogP contribution in [0.25, 0.3) is 0 Å². The highest BCUT2D eigenvalue weighted by Gasteiger charge is 2.04. The van der Waals surface area contributed by atoms with Gasteiger partial charge in [0.05, 0.1) is 35.7 Å². The zero-order valence-electron chi connectivity index (χ0n) is 15.5. The number of rotatable bonds is 8. The molecule has 0 spiro atoms. The largest absolute Gasteiger partial charge is 0.273 e. The van der Waals surface area contributed by atoms with E-state index in [4.69, 9.17) is 10.5 Å². The van der Waals surface area contributed by atoms with Gasteiger partial charge in [0, 0.05) is 12.8 Å². The Hall–Kier alpha value is -4.30. The van der Waals surface area contributed by atoms with E-state index in [-0.39, 0.29) is 24.7 Å². The predicted octanol–water partition coefficient (Wildman–Crippen LogP) is 2.20. The van der Waals surface area contributed by atoms with Crippen LogP contribution in [-0.4, -0.2) is 24.2 Å². The van der Waals surface area contributed by atoms with Crippen LogP contribution in [0.1, 0.15) is 41.5 Å². The molecule has 0 fully saturated rings. The van der Waals surface area contributed by atoms with E-state index in [1.165, 1.54) is 12.4 Å². The molecule has 0 radical (unpaired) electrons. The second-order valence-electron chi connectivity index (χ2n) is 5.91. The average molecular weight is 386 g/mol. The molecule has 0 saturated carbocycles. The summed E-state index contributed by atoms with van der Waals surface area (Å²) in [5.74, 6) is -0.604. The van der Waals surface area contributed by atoms with Gasteiger partial charge in [-0.25, -0.2) is 10.9 Å². The smallest absolute Gasteiger partial charge is 0.240 e. The van der Waals surface area contributed by atoms with E-state index in [0.29, 0.717) is 17.5 Å². The monoisotopic (exact) mass is 386 g/mol. The Morgan fingerprint density at radius 2 is 1.14 bits per heavy atom. The molecule has 2 N–H and O–H groups in total. The van der Waals surface area contributed by atoms with Crippen LogP contribution in [-0.2, 0) is 9.59 Å². The van der Waals surface area contributed by atoms with Crippen LogP contribution in [0.2, 0.25) is 0 Å². The van der Waals surface area contributed by atoms with E-state index in [1.807, 2.05) is 12.1 Å². The van der Waals surface area contributed by atoms with Crippen molar-refractivity contribution in [2.75, 3.05) is 0 Å². The van der Waals surface area contributed by atoms with E-state index >= 15 is 0 Å². The minimum absolute atomic E-state index is 0.150. The van der Waals surface area contributed by atoms with Crippen molar-refractivity contribution in [3.8, 4) is 12.1 Å². The van der Waals surface area contributed by atoms with Gasteiger partial charge in [-0.15, -0.1) is 0 Å². The summed E-state index contributed by atoms with van der Waals surface area (Å²) in [4.78, 5) is 23.4. The third kappa shape index (κ3) is 7.85. The van der Waals surface area contributed by atoms with E-state index in [2.05, 4.69) is 21.1 Å². The van der Waals surface area contributed by atoms with E-state index in [9.17, 15) is 9.59 Å². The summed E-state index contributed by atoms with van der Waals surface area (Å²) in [5.41, 5.74) is 7.38. The summed E-state index contributed by atoms with van der Waals surface area (Å²) in [7, 11) is 0. The van der Waals surface area contributed by atoms with Gasteiger partial charge < -0.3 is 0 Å². The normalized spacial score (nSPS) is 10.4. The Morgan fingerprint density at radius 3 is 1.48 bits per heavy atom. The molecule has 0 heterocycles. The van der Waals surface area contributed by atoms with Gasteiger partial charge in [-0.3, -0.25) is 9.59 Å². The van der Waals surface area contributed by atoms with Crippen molar-refractivity contribution in [3.05, 3.63) is 70.8 Å². The summed E-state index contributed by atoms with van der Waals surface area (Å²) >= 11 is 0. The van der Waals surface area contributed by atoms with Crippen molar-refractivity contribution in [1.82, 2.24) is 10.9 Å². The average Bonchev–Trinajstić information content (AvgIpc) is 2.75. The molecular formula is C21H18N6O2. The van der Waals surface area contributed by atoms with Gasteiger partial charge >= 0.3 is 0 Å². The molecule has 2 amide bonds. The summed E-state index contributed by atoms with van der Waals surface area (Å²) < 4.78 is 0. The molecule has 0 atom stereocenters. The number of hydrogen-bond acceptors (Lipinski definition) is 6. The van der Waals surface area contributed by atoms with Crippen LogP contribution < -0.4 is 10.9 Å². The molecular weight excluding hydrogens is 368 g/mol. The van der Waals surface area contributed by atoms with Crippen molar-refractivity contribution in [3.63, 3.8) is 0 Å². The third-order valence-electron chi connectivity index (χ3n) is 3.69. The second-order valence-corrected chi connectivity index (χ2v) is 5.91. The molecule has 29 heavy (non-hydrogen) atoms. The topological polar surface area (TPSA) is 130 Å². The highest BCUT2D eigenvalue weighted by Crippen LogP contribution is 2.02. The molecule has 0 aromatic heterocycles. The molecule has 2 aromatic rings. The van der Waals surface area contributed by atoms with Crippen LogP contribution in [0.5, 0.6) is 0 Å². The van der Waals surface area contributed by atoms with Gasteiger partial charge in [0.15, 0.2) is 0 Å². The number of amides is 2. The first-order valence-electron chi connectivity index (χ1n) is 8.75. The fourth-order valence-corrected chi connectivity index (χ4v) is 2.17. The lowest BCUT2D eigenvalue weighted by Crippen LogP contribution is -2.20. The Labute approximate surface area is 168 Å². The molecule has 2 aromatic carbocycles. The van der Waals surface area contributed by atoms with Gasteiger partial charge in [-0.1, -0.05) is 24.3 Å². The van der Waals surface area contributed by atoms with Gasteiger partial charge in [0.2, 0.25) is 11.8 Å². The first-order chi connectivity index (χ1) is 14.1. The summed E-state index contributed by atoms with van der Waals surface area (Å²) in [6, 6.07) is 17.5. The lowest BCUT2D eigenvalue weighted by molar-refractivity contribution is -0.122. The molecule has 2 rings (SSSR count). The first-order valence-corrected chi connectivity index (χ1v) is 8.75. The van der Waals surface area contributed by atoms with Gasteiger partial charge in [-0.2, -0.15) is 20.7 Å². The van der Waals surface area contributed by atoms with Crippen molar-refractivity contribution >= 4 is 24.2 Å². The summed E-state index contributed by atoms with van der Waals surface area (Å²) in [6.45, 7) is 0. The van der Waals surface area contributed by atoms with E-state index in [1.54, 1.807) is 48.5 Å². The number of nitriles is 2. The number of carbonyl (C=O) groups is 2. The third-order valence-corrected chi connectivity index (χ3v) is 3.69. The Kier molecular flexibility index (Phi) is 8.27. The van der Waals surface area contributed by atoms with Gasteiger partial charge in [0.1, 0.15) is 0 Å². The minimum Gasteiger partial charge on any atom is -0.273 e. The predicted molar refractivity (Wildman–Crippen MR) is 108 cm³/mol. The maximum absolute atomic E-state index is 11.7. The maximum Gasteiger partial charge on any atom is 0.240 e. The number of nitrogens with zero attached hydrogens (tertiary/aromatic N) is 4. The van der Waals surface area contributed by atoms with Gasteiger partial charge in [-0.05, 0) is 41.8 Å². The molecule has 0 saturated heterocycles. The minimum atomic E-state index is -0.302. The number of benzene rings is 2. The molecule has 8 heteroatoms. The highest BCUT2D eigenvalue weighted by molar-refractivity contribution is 5.84. The van der Waals surface area contributed by atoms with Crippen LogP contribution in [0.4, 0.5) is 0 Å². The lowest BCUT2D eigenvalue weighted by Gasteiger charge is -2.01. The number of hydrazone groups is 2. The van der Waals surface area contributed by atoms with Crippen LogP contribution in [0, 0.1) is 22.7 Å². The van der Waals surface area contributed by atoms with Crippen molar-refractivity contribution in [1.29, 1.82) is 10.5 Å². The van der Waals surface area contributed by atoms with Gasteiger partial charge in [0.25, 0.3) is 0 Å². The summed E-state index contributed by atoms with van der Waals surface area (Å²) in [5, 5.41) is 25.1. The van der Waals surface area contributed by atoms with E-state index < -0.39 is 0 Å². The van der Waals surface area contributed by atoms with Crippen LogP contribution in [0.15, 0.2) is 58.7 Å². The Balaban J connectivity index is 1.63. The summed E-state index contributed by atoms with van der Waals surface area (Å²) in [6.07, 6.45) is 3.61. The SMILES string of the molecule is N#Cc1ccc(C=NNC(=O)CCCC(=O)N/N=C/c2ccc(C#N)cc2)cc1. The van der Waals surface area contributed by atoms with Crippen molar-refractivity contribution in [2.24, 2.45) is 10.2 Å².